The first-order valence-corrected chi connectivity index (χ1v) is 10.9. The standard InChI is InChI=1S/C26H23N3OS/c27-26(30)29-28-18-23-17-22(16-19-10-4-1-5-11-19)24(20-12-6-2-7-13-20)31-25(23)21-14-8-3-9-15-21/h1-15,17-18,24H,16H2,(H3,27,29,30)/b28-18-/t24-/m0/s1. The molecular weight excluding hydrogens is 402 g/mol. The van der Waals surface area contributed by atoms with Gasteiger partial charge >= 0.3 is 6.03 Å². The molecule has 1 aliphatic rings. The van der Waals surface area contributed by atoms with E-state index >= 15 is 0 Å². The summed E-state index contributed by atoms with van der Waals surface area (Å²) in [4.78, 5) is 12.2. The molecule has 1 heterocycles. The van der Waals surface area contributed by atoms with Crippen molar-refractivity contribution in [2.24, 2.45) is 10.8 Å². The maximum absolute atomic E-state index is 11.1. The van der Waals surface area contributed by atoms with Crippen molar-refractivity contribution in [3.05, 3.63) is 125 Å². The van der Waals surface area contributed by atoms with Crippen molar-refractivity contribution in [1.29, 1.82) is 0 Å². The van der Waals surface area contributed by atoms with Crippen LogP contribution < -0.4 is 11.2 Å². The van der Waals surface area contributed by atoms with Crippen LogP contribution in [-0.2, 0) is 6.42 Å². The number of nitrogens with one attached hydrogen (secondary N) is 1. The van der Waals surface area contributed by atoms with Gasteiger partial charge in [0.1, 0.15) is 0 Å². The Kier molecular flexibility index (Phi) is 6.65. The van der Waals surface area contributed by atoms with Crippen LogP contribution in [0.25, 0.3) is 4.91 Å². The number of nitrogens with two attached hydrogens (primary N) is 1. The molecule has 1 aliphatic heterocycles. The largest absolute Gasteiger partial charge is 0.350 e. The van der Waals surface area contributed by atoms with Gasteiger partial charge in [0.15, 0.2) is 0 Å². The molecule has 0 aliphatic carbocycles. The van der Waals surface area contributed by atoms with Gasteiger partial charge in [-0.2, -0.15) is 5.10 Å². The number of allylic oxidation sites excluding steroid dienone is 2. The van der Waals surface area contributed by atoms with E-state index in [0.29, 0.717) is 0 Å². The fourth-order valence-corrected chi connectivity index (χ4v) is 4.92. The van der Waals surface area contributed by atoms with Crippen LogP contribution in [0, 0.1) is 0 Å². The Balaban J connectivity index is 1.80. The first kappa shape index (κ1) is 20.7. The van der Waals surface area contributed by atoms with Crippen molar-refractivity contribution in [2.75, 3.05) is 0 Å². The minimum absolute atomic E-state index is 0.179. The average molecular weight is 426 g/mol. The maximum atomic E-state index is 11.1. The van der Waals surface area contributed by atoms with E-state index in [1.807, 2.05) is 42.1 Å². The lowest BCUT2D eigenvalue weighted by Gasteiger charge is -2.28. The van der Waals surface area contributed by atoms with E-state index in [1.54, 1.807) is 6.21 Å². The van der Waals surface area contributed by atoms with E-state index < -0.39 is 6.03 Å². The molecule has 0 radical (unpaired) electrons. The summed E-state index contributed by atoms with van der Waals surface area (Å²) in [6.07, 6.45) is 4.69. The molecule has 2 amide bonds. The minimum atomic E-state index is -0.683. The van der Waals surface area contributed by atoms with E-state index in [9.17, 15) is 4.79 Å². The molecule has 4 rings (SSSR count). The number of hydrazone groups is 1. The summed E-state index contributed by atoms with van der Waals surface area (Å²) >= 11 is 1.81. The van der Waals surface area contributed by atoms with Gasteiger partial charge in [-0.1, -0.05) is 97.1 Å². The fraction of sp³-hybridized carbons (Fsp3) is 0.0769. The quantitative estimate of drug-likeness (QED) is 0.392. The molecular formula is C26H23N3OS. The summed E-state index contributed by atoms with van der Waals surface area (Å²) in [6, 6.07) is 30.6. The zero-order valence-electron chi connectivity index (χ0n) is 16.9. The molecule has 3 aromatic carbocycles. The molecule has 5 heteroatoms. The van der Waals surface area contributed by atoms with Crippen molar-refractivity contribution in [3.8, 4) is 0 Å². The van der Waals surface area contributed by atoms with Gasteiger partial charge in [0, 0.05) is 10.5 Å². The van der Waals surface area contributed by atoms with E-state index in [1.165, 1.54) is 16.7 Å². The molecule has 3 N–H and O–H groups in total. The van der Waals surface area contributed by atoms with Gasteiger partial charge in [-0.3, -0.25) is 0 Å². The third-order valence-corrected chi connectivity index (χ3v) is 6.46. The highest BCUT2D eigenvalue weighted by Crippen LogP contribution is 2.49. The lowest BCUT2D eigenvalue weighted by molar-refractivity contribution is 0.249. The van der Waals surface area contributed by atoms with Crippen LogP contribution in [-0.4, -0.2) is 12.2 Å². The molecule has 0 aromatic heterocycles. The number of thioether (sulfide) groups is 1. The summed E-state index contributed by atoms with van der Waals surface area (Å²) in [6.45, 7) is 0. The summed E-state index contributed by atoms with van der Waals surface area (Å²) < 4.78 is 0. The third-order valence-electron chi connectivity index (χ3n) is 4.94. The van der Waals surface area contributed by atoms with Gasteiger partial charge in [-0.25, -0.2) is 10.2 Å². The Morgan fingerprint density at radius 3 is 2.19 bits per heavy atom. The van der Waals surface area contributed by atoms with Crippen LogP contribution in [0.3, 0.4) is 0 Å². The number of urea groups is 1. The molecule has 1 atom stereocenters. The van der Waals surface area contributed by atoms with Crippen LogP contribution in [0.2, 0.25) is 0 Å². The molecule has 31 heavy (non-hydrogen) atoms. The third kappa shape index (κ3) is 5.32. The first-order valence-electron chi connectivity index (χ1n) is 10.0. The van der Waals surface area contributed by atoms with E-state index in [0.717, 1.165) is 22.5 Å². The van der Waals surface area contributed by atoms with Crippen LogP contribution in [0.4, 0.5) is 4.79 Å². The topological polar surface area (TPSA) is 67.5 Å². The molecule has 0 saturated heterocycles. The Labute approximate surface area is 186 Å². The monoisotopic (exact) mass is 425 g/mol. The zero-order valence-corrected chi connectivity index (χ0v) is 17.8. The minimum Gasteiger partial charge on any atom is -0.350 e. The summed E-state index contributed by atoms with van der Waals surface area (Å²) in [7, 11) is 0. The number of nitrogens with zero attached hydrogens (tertiary/aromatic N) is 1. The van der Waals surface area contributed by atoms with Crippen molar-refractivity contribution in [3.63, 3.8) is 0 Å². The molecule has 0 unspecified atom stereocenters. The Hall–Kier alpha value is -3.57. The van der Waals surface area contributed by atoms with E-state index in [-0.39, 0.29) is 5.25 Å². The number of hydrogen-bond donors (Lipinski definition) is 2. The van der Waals surface area contributed by atoms with Crippen LogP contribution in [0.1, 0.15) is 21.9 Å². The van der Waals surface area contributed by atoms with Crippen molar-refractivity contribution < 1.29 is 4.79 Å². The molecule has 154 valence electrons. The lowest BCUT2D eigenvalue weighted by Crippen LogP contribution is -2.24. The number of benzene rings is 3. The van der Waals surface area contributed by atoms with Crippen molar-refractivity contribution in [1.82, 2.24) is 5.43 Å². The summed E-state index contributed by atoms with van der Waals surface area (Å²) in [5.74, 6) is 0. The van der Waals surface area contributed by atoms with Gasteiger partial charge in [0.25, 0.3) is 0 Å². The Morgan fingerprint density at radius 1 is 0.935 bits per heavy atom. The number of rotatable bonds is 6. The van der Waals surface area contributed by atoms with Crippen molar-refractivity contribution in [2.45, 2.75) is 11.7 Å². The van der Waals surface area contributed by atoms with Crippen molar-refractivity contribution >= 4 is 28.9 Å². The zero-order chi connectivity index (χ0) is 21.5. The van der Waals surface area contributed by atoms with Gasteiger partial charge in [0.2, 0.25) is 0 Å². The number of primary amides is 1. The second kappa shape index (κ2) is 9.96. The smallest absolute Gasteiger partial charge is 0.332 e. The highest BCUT2D eigenvalue weighted by atomic mass is 32.2. The number of carbonyl (C=O) groups excluding carboxylic acids is 1. The van der Waals surface area contributed by atoms with Crippen LogP contribution in [0.5, 0.6) is 0 Å². The average Bonchev–Trinajstić information content (AvgIpc) is 2.81. The Morgan fingerprint density at radius 2 is 1.55 bits per heavy atom. The van der Waals surface area contributed by atoms with Gasteiger partial charge in [-0.15, -0.1) is 11.8 Å². The number of hydrogen-bond acceptors (Lipinski definition) is 3. The number of carbonyl (C=O) groups is 1. The van der Waals surface area contributed by atoms with E-state index in [4.69, 9.17) is 5.73 Å². The number of amides is 2. The lowest BCUT2D eigenvalue weighted by atomic mass is 9.95. The highest BCUT2D eigenvalue weighted by molar-refractivity contribution is 8.08. The molecule has 0 fully saturated rings. The first-order chi connectivity index (χ1) is 15.2. The second-order valence-corrected chi connectivity index (χ2v) is 8.29. The van der Waals surface area contributed by atoms with Gasteiger partial charge < -0.3 is 5.73 Å². The second-order valence-electron chi connectivity index (χ2n) is 7.17. The maximum Gasteiger partial charge on any atom is 0.332 e. The molecule has 0 saturated carbocycles. The highest BCUT2D eigenvalue weighted by Gasteiger charge is 2.26. The molecule has 0 spiro atoms. The fourth-order valence-electron chi connectivity index (χ4n) is 3.57. The van der Waals surface area contributed by atoms with Crippen LogP contribution >= 0.6 is 11.8 Å². The predicted molar refractivity (Wildman–Crippen MR) is 130 cm³/mol. The molecule has 4 nitrogen and oxygen atoms in total. The molecule has 0 bridgehead atoms. The van der Waals surface area contributed by atoms with Crippen LogP contribution in [0.15, 0.2) is 113 Å². The summed E-state index contributed by atoms with van der Waals surface area (Å²) in [5, 5.41) is 4.22. The normalized spacial score (nSPS) is 16.3. The molecule has 3 aromatic rings. The van der Waals surface area contributed by atoms with Gasteiger partial charge in [-0.05, 0) is 28.7 Å². The van der Waals surface area contributed by atoms with Gasteiger partial charge in [0.05, 0.1) is 11.5 Å². The predicted octanol–water partition coefficient (Wildman–Crippen LogP) is 5.71. The van der Waals surface area contributed by atoms with E-state index in [2.05, 4.69) is 77.3 Å². The Bertz CT molecular complexity index is 1120. The summed E-state index contributed by atoms with van der Waals surface area (Å²) in [5.41, 5.74) is 13.3. The SMILES string of the molecule is NC(=O)N/N=C\C1=C(c2ccccc2)S[C@@H](c2ccccc2)C(Cc2ccccc2)=C1.